The lowest BCUT2D eigenvalue weighted by Gasteiger charge is -2.35. The van der Waals surface area contributed by atoms with Crippen LogP contribution >= 0.6 is 0 Å². The maximum absolute atomic E-state index is 10.7. The van der Waals surface area contributed by atoms with E-state index >= 15 is 0 Å². The van der Waals surface area contributed by atoms with Gasteiger partial charge < -0.3 is 0 Å². The average Bonchev–Trinajstić information content (AvgIpc) is 2.50. The van der Waals surface area contributed by atoms with Gasteiger partial charge in [-0.2, -0.15) is 4.91 Å². The Hall–Kier alpha value is -0.400. The summed E-state index contributed by atoms with van der Waals surface area (Å²) in [5.74, 6) is 0. The molecule has 21 heavy (non-hydrogen) atoms. The van der Waals surface area contributed by atoms with Crippen molar-refractivity contribution in [1.82, 2.24) is 0 Å². The Labute approximate surface area is 132 Å². The van der Waals surface area contributed by atoms with Gasteiger partial charge in [-0.15, -0.1) is 0 Å². The molecule has 0 spiro atoms. The highest BCUT2D eigenvalue weighted by atomic mass is 16.3. The maximum atomic E-state index is 10.7. The largest absolute Gasteiger partial charge is 0.151 e. The SMILES string of the molecule is CCCCCCCCCCCCC1(CN=O)CCCCC1. The van der Waals surface area contributed by atoms with Gasteiger partial charge in [-0.05, 0) is 24.7 Å². The van der Waals surface area contributed by atoms with E-state index in [9.17, 15) is 4.91 Å². The third-order valence-corrected chi connectivity index (χ3v) is 5.37. The van der Waals surface area contributed by atoms with E-state index in [1.165, 1.54) is 103 Å². The number of rotatable bonds is 13. The third kappa shape index (κ3) is 8.58. The molecule has 2 heteroatoms. The Morgan fingerprint density at radius 3 is 1.81 bits per heavy atom. The standard InChI is InChI=1S/C19H37NO/c1-2-3-4-5-6-7-8-9-10-12-15-19(18-20-21)16-13-11-14-17-19/h2-18H2,1H3. The molecule has 0 aliphatic heterocycles. The van der Waals surface area contributed by atoms with Gasteiger partial charge in [0.25, 0.3) is 0 Å². The number of hydrogen-bond donors (Lipinski definition) is 0. The van der Waals surface area contributed by atoms with Gasteiger partial charge in [-0.3, -0.25) is 0 Å². The second kappa shape index (κ2) is 12.2. The summed E-state index contributed by atoms with van der Waals surface area (Å²) in [4.78, 5) is 10.7. The molecule has 1 rings (SSSR count). The fourth-order valence-corrected chi connectivity index (χ4v) is 3.91. The van der Waals surface area contributed by atoms with Crippen LogP contribution in [0, 0.1) is 10.3 Å². The van der Waals surface area contributed by atoms with Crippen molar-refractivity contribution in [3.63, 3.8) is 0 Å². The Balaban J connectivity index is 1.98. The molecule has 2 nitrogen and oxygen atoms in total. The van der Waals surface area contributed by atoms with Gasteiger partial charge in [0.15, 0.2) is 0 Å². The zero-order valence-corrected chi connectivity index (χ0v) is 14.4. The molecule has 0 aromatic carbocycles. The van der Waals surface area contributed by atoms with Gasteiger partial charge >= 0.3 is 0 Å². The summed E-state index contributed by atoms with van der Waals surface area (Å²) in [5, 5.41) is 3.25. The van der Waals surface area contributed by atoms with Crippen molar-refractivity contribution in [3.8, 4) is 0 Å². The fraction of sp³-hybridized carbons (Fsp3) is 1.00. The zero-order valence-electron chi connectivity index (χ0n) is 14.4. The minimum atomic E-state index is 0.292. The van der Waals surface area contributed by atoms with Crippen molar-refractivity contribution in [2.45, 2.75) is 110 Å². The van der Waals surface area contributed by atoms with Crippen molar-refractivity contribution < 1.29 is 0 Å². The lowest BCUT2D eigenvalue weighted by molar-refractivity contribution is 0.176. The van der Waals surface area contributed by atoms with E-state index in [0.717, 1.165) is 0 Å². The summed E-state index contributed by atoms with van der Waals surface area (Å²) >= 11 is 0. The molecule has 1 fully saturated rings. The van der Waals surface area contributed by atoms with Crippen molar-refractivity contribution >= 4 is 0 Å². The van der Waals surface area contributed by atoms with Crippen LogP contribution in [0.4, 0.5) is 0 Å². The first kappa shape index (κ1) is 18.6. The predicted octanol–water partition coefficient (Wildman–Crippen LogP) is 7.01. The number of hydrogen-bond acceptors (Lipinski definition) is 2. The number of nitroso groups, excluding NO2 is 1. The van der Waals surface area contributed by atoms with E-state index in [1.807, 2.05) is 0 Å². The summed E-state index contributed by atoms with van der Waals surface area (Å²) in [6, 6.07) is 0. The molecule has 1 aliphatic carbocycles. The zero-order chi connectivity index (χ0) is 15.2. The maximum Gasteiger partial charge on any atom is 0.0867 e. The van der Waals surface area contributed by atoms with Crippen LogP contribution in [0.1, 0.15) is 110 Å². The van der Waals surface area contributed by atoms with Crippen LogP contribution in [0.15, 0.2) is 5.18 Å². The van der Waals surface area contributed by atoms with E-state index in [1.54, 1.807) is 0 Å². The van der Waals surface area contributed by atoms with Crippen LogP contribution in [-0.2, 0) is 0 Å². The van der Waals surface area contributed by atoms with E-state index in [-0.39, 0.29) is 0 Å². The molecule has 0 amide bonds. The van der Waals surface area contributed by atoms with Crippen molar-refractivity contribution in [2.75, 3.05) is 6.54 Å². The normalized spacial score (nSPS) is 17.8. The molecule has 0 radical (unpaired) electrons. The van der Waals surface area contributed by atoms with Crippen LogP contribution in [0.25, 0.3) is 0 Å². The molecule has 0 atom stereocenters. The third-order valence-electron chi connectivity index (χ3n) is 5.37. The van der Waals surface area contributed by atoms with E-state index < -0.39 is 0 Å². The van der Waals surface area contributed by atoms with Gasteiger partial charge in [-0.1, -0.05) is 95.6 Å². The number of unbranched alkanes of at least 4 members (excludes halogenated alkanes) is 9. The van der Waals surface area contributed by atoms with Gasteiger partial charge in [0.2, 0.25) is 0 Å². The van der Waals surface area contributed by atoms with Gasteiger partial charge in [-0.25, -0.2) is 0 Å². The molecule has 1 aliphatic rings. The Morgan fingerprint density at radius 2 is 1.29 bits per heavy atom. The fourth-order valence-electron chi connectivity index (χ4n) is 3.91. The molecule has 0 saturated heterocycles. The first-order chi connectivity index (χ1) is 10.3. The topological polar surface area (TPSA) is 29.4 Å². The van der Waals surface area contributed by atoms with E-state index in [0.29, 0.717) is 12.0 Å². The first-order valence-corrected chi connectivity index (χ1v) is 9.62. The minimum Gasteiger partial charge on any atom is -0.151 e. The van der Waals surface area contributed by atoms with Gasteiger partial charge in [0.1, 0.15) is 0 Å². The highest BCUT2D eigenvalue weighted by molar-refractivity contribution is 4.84. The Bertz CT molecular complexity index is 246. The average molecular weight is 296 g/mol. The monoisotopic (exact) mass is 295 g/mol. The van der Waals surface area contributed by atoms with Crippen LogP contribution in [0.2, 0.25) is 0 Å². The predicted molar refractivity (Wildman–Crippen MR) is 92.6 cm³/mol. The van der Waals surface area contributed by atoms with Crippen molar-refractivity contribution in [3.05, 3.63) is 4.91 Å². The molecule has 0 N–H and O–H groups in total. The smallest absolute Gasteiger partial charge is 0.0867 e. The van der Waals surface area contributed by atoms with Crippen LogP contribution in [-0.4, -0.2) is 6.54 Å². The van der Waals surface area contributed by atoms with Crippen LogP contribution in [0.3, 0.4) is 0 Å². The van der Waals surface area contributed by atoms with Crippen molar-refractivity contribution in [2.24, 2.45) is 10.6 Å². The second-order valence-corrected chi connectivity index (χ2v) is 7.28. The summed E-state index contributed by atoms with van der Waals surface area (Å²) < 4.78 is 0. The summed E-state index contributed by atoms with van der Waals surface area (Å²) in [7, 11) is 0. The molecule has 0 aromatic rings. The van der Waals surface area contributed by atoms with Gasteiger partial charge in [0, 0.05) is 0 Å². The molecule has 1 saturated carbocycles. The summed E-state index contributed by atoms with van der Waals surface area (Å²) in [5.41, 5.74) is 0.292. The first-order valence-electron chi connectivity index (χ1n) is 9.62. The lowest BCUT2D eigenvalue weighted by Crippen LogP contribution is -2.27. The highest BCUT2D eigenvalue weighted by Gasteiger charge is 2.31. The van der Waals surface area contributed by atoms with E-state index in [4.69, 9.17) is 0 Å². The van der Waals surface area contributed by atoms with Crippen molar-refractivity contribution in [1.29, 1.82) is 0 Å². The molecule has 0 unspecified atom stereocenters. The minimum absolute atomic E-state index is 0.292. The van der Waals surface area contributed by atoms with Crippen LogP contribution in [0.5, 0.6) is 0 Å². The molecule has 124 valence electrons. The molecule has 0 aromatic heterocycles. The highest BCUT2D eigenvalue weighted by Crippen LogP contribution is 2.41. The summed E-state index contributed by atoms with van der Waals surface area (Å²) in [6.45, 7) is 2.85. The molecule has 0 bridgehead atoms. The quantitative estimate of drug-likeness (QED) is 0.265. The van der Waals surface area contributed by atoms with Crippen LogP contribution < -0.4 is 0 Å². The van der Waals surface area contributed by atoms with E-state index in [2.05, 4.69) is 12.1 Å². The second-order valence-electron chi connectivity index (χ2n) is 7.28. The Kier molecular flexibility index (Phi) is 10.8. The molecular weight excluding hydrogens is 258 g/mol. The molecule has 0 heterocycles. The van der Waals surface area contributed by atoms with Gasteiger partial charge in [0.05, 0.1) is 6.54 Å². The lowest BCUT2D eigenvalue weighted by atomic mass is 9.71. The molecular formula is C19H37NO. The summed E-state index contributed by atoms with van der Waals surface area (Å²) in [6.07, 6.45) is 21.7. The number of nitrogens with zero attached hydrogens (tertiary/aromatic N) is 1. The Morgan fingerprint density at radius 1 is 0.762 bits per heavy atom.